The maximum atomic E-state index is 4.46. The molecule has 1 fully saturated rings. The molecule has 0 aromatic heterocycles. The molecule has 3 aliphatic rings. The molecule has 3 rings (SSSR count). The fourth-order valence-corrected chi connectivity index (χ4v) is 3.52. The van der Waals surface area contributed by atoms with E-state index in [2.05, 4.69) is 31.3 Å². The van der Waals surface area contributed by atoms with Crippen LogP contribution in [0.3, 0.4) is 0 Å². The van der Waals surface area contributed by atoms with E-state index in [-0.39, 0.29) is 0 Å². The number of rotatable bonds is 2. The minimum Gasteiger partial charge on any atom is -0.355 e. The van der Waals surface area contributed by atoms with E-state index in [1.165, 1.54) is 51.4 Å². The molecule has 0 spiro atoms. The van der Waals surface area contributed by atoms with Gasteiger partial charge < -0.3 is 21.3 Å². The van der Waals surface area contributed by atoms with E-state index >= 15 is 0 Å². The van der Waals surface area contributed by atoms with Gasteiger partial charge >= 0.3 is 0 Å². The highest BCUT2D eigenvalue weighted by Crippen LogP contribution is 2.18. The van der Waals surface area contributed by atoms with Gasteiger partial charge in [-0.3, -0.25) is 9.98 Å². The van der Waals surface area contributed by atoms with Gasteiger partial charge in [-0.05, 0) is 25.7 Å². The molecule has 4 N–H and O–H groups in total. The molecule has 0 unspecified atom stereocenters. The van der Waals surface area contributed by atoms with E-state index in [9.17, 15) is 0 Å². The maximum absolute atomic E-state index is 4.46. The minimum absolute atomic E-state index is 0.592. The summed E-state index contributed by atoms with van der Waals surface area (Å²) in [5.74, 6) is 2.04. The van der Waals surface area contributed by atoms with E-state index in [0.717, 1.165) is 38.1 Å². The maximum Gasteiger partial charge on any atom is 0.191 e. The summed E-state index contributed by atoms with van der Waals surface area (Å²) in [7, 11) is 0. The molecule has 0 aromatic rings. The quantitative estimate of drug-likeness (QED) is 0.613. The molecule has 0 atom stereocenters. The molecular weight excluding hydrogens is 276 g/mol. The normalized spacial score (nSPS) is 29.8. The van der Waals surface area contributed by atoms with Crippen LogP contribution in [0.1, 0.15) is 51.4 Å². The van der Waals surface area contributed by atoms with Gasteiger partial charge in [0.1, 0.15) is 0 Å². The lowest BCUT2D eigenvalue weighted by atomic mass is 9.95. The van der Waals surface area contributed by atoms with Gasteiger partial charge in [-0.15, -0.1) is 0 Å². The van der Waals surface area contributed by atoms with Crippen molar-refractivity contribution in [3.8, 4) is 0 Å². The summed E-state index contributed by atoms with van der Waals surface area (Å²) in [6.45, 7) is 3.81. The second-order valence-corrected chi connectivity index (χ2v) is 6.57. The van der Waals surface area contributed by atoms with Crippen LogP contribution in [0, 0.1) is 0 Å². The van der Waals surface area contributed by atoms with Crippen molar-refractivity contribution < 1.29 is 0 Å². The van der Waals surface area contributed by atoms with Gasteiger partial charge in [-0.1, -0.05) is 25.7 Å². The molecule has 0 aromatic carbocycles. The summed E-state index contributed by atoms with van der Waals surface area (Å²) in [5.41, 5.74) is 0. The predicted octanol–water partition coefficient (Wildman–Crippen LogP) is 0.956. The van der Waals surface area contributed by atoms with Crippen LogP contribution in [0.2, 0.25) is 0 Å². The lowest BCUT2D eigenvalue weighted by Crippen LogP contribution is -2.42. The molecule has 6 heteroatoms. The van der Waals surface area contributed by atoms with Crippen molar-refractivity contribution in [3.05, 3.63) is 0 Å². The first kappa shape index (κ1) is 15.4. The first-order chi connectivity index (χ1) is 10.9. The van der Waals surface area contributed by atoms with E-state index in [0.29, 0.717) is 12.1 Å². The van der Waals surface area contributed by atoms with Crippen molar-refractivity contribution in [2.45, 2.75) is 63.5 Å². The molecule has 0 radical (unpaired) electrons. The van der Waals surface area contributed by atoms with Gasteiger partial charge in [-0.25, -0.2) is 0 Å². The number of aliphatic imine (C=N–C) groups is 2. The van der Waals surface area contributed by atoms with Crippen molar-refractivity contribution in [2.24, 2.45) is 9.98 Å². The molecule has 2 aliphatic heterocycles. The van der Waals surface area contributed by atoms with Gasteiger partial charge in [0.15, 0.2) is 11.9 Å². The summed E-state index contributed by atoms with van der Waals surface area (Å²) in [4.78, 5) is 8.92. The van der Waals surface area contributed by atoms with E-state index in [4.69, 9.17) is 0 Å². The summed E-state index contributed by atoms with van der Waals surface area (Å²) >= 11 is 0. The van der Waals surface area contributed by atoms with E-state index < -0.39 is 0 Å². The van der Waals surface area contributed by atoms with Gasteiger partial charge in [0.05, 0.1) is 13.1 Å². The van der Waals surface area contributed by atoms with Crippen LogP contribution in [0.15, 0.2) is 9.98 Å². The molecule has 6 nitrogen and oxygen atoms in total. The highest BCUT2D eigenvalue weighted by atomic mass is 15.2. The Bertz CT molecular complexity index is 355. The van der Waals surface area contributed by atoms with Crippen molar-refractivity contribution in [1.82, 2.24) is 21.3 Å². The Balaban J connectivity index is 1.42. The van der Waals surface area contributed by atoms with Crippen LogP contribution < -0.4 is 21.3 Å². The molecule has 0 amide bonds. The van der Waals surface area contributed by atoms with Crippen LogP contribution in [-0.2, 0) is 0 Å². The van der Waals surface area contributed by atoms with Crippen LogP contribution >= 0.6 is 0 Å². The number of nitrogens with one attached hydrogen (secondary N) is 4. The summed E-state index contributed by atoms with van der Waals surface area (Å²) in [6, 6.07) is 1.18. The third kappa shape index (κ3) is 4.78. The second kappa shape index (κ2) is 8.25. The fraction of sp³-hybridized carbons (Fsp3) is 0.875. The van der Waals surface area contributed by atoms with Crippen molar-refractivity contribution in [1.29, 1.82) is 0 Å². The molecule has 0 saturated heterocycles. The van der Waals surface area contributed by atoms with Gasteiger partial charge in [0, 0.05) is 25.2 Å². The van der Waals surface area contributed by atoms with Gasteiger partial charge in [-0.2, -0.15) is 0 Å². The number of nitrogens with zero attached hydrogens (tertiary/aromatic N) is 2. The zero-order chi connectivity index (χ0) is 15.0. The number of hydrogen-bond acceptors (Lipinski definition) is 6. The Morgan fingerprint density at radius 3 is 1.41 bits per heavy atom. The molecule has 1 aliphatic carbocycles. The van der Waals surface area contributed by atoms with Crippen molar-refractivity contribution in [2.75, 3.05) is 26.2 Å². The van der Waals surface area contributed by atoms with E-state index in [1.54, 1.807) is 0 Å². The Hall–Kier alpha value is -1.46. The summed E-state index contributed by atoms with van der Waals surface area (Å²) in [6.07, 6.45) is 10.2. The van der Waals surface area contributed by atoms with Crippen LogP contribution in [-0.4, -0.2) is 50.2 Å². The van der Waals surface area contributed by atoms with Crippen LogP contribution in [0.4, 0.5) is 0 Å². The zero-order valence-corrected chi connectivity index (χ0v) is 13.5. The third-order valence-electron chi connectivity index (χ3n) is 4.74. The lowest BCUT2D eigenvalue weighted by molar-refractivity contribution is 0.399. The standard InChI is InChI=1S/C16H30N6/c1-2-6-14(22-16-19-11-12-20-16)8-4-3-7-13(5-1)21-15-17-9-10-18-15/h13-14H,1-12H2,(H2,17,18,21)(H2,19,20,22). The topological polar surface area (TPSA) is 72.8 Å². The molecule has 0 bridgehead atoms. The lowest BCUT2D eigenvalue weighted by Gasteiger charge is -2.24. The van der Waals surface area contributed by atoms with Crippen LogP contribution in [0.25, 0.3) is 0 Å². The average molecular weight is 306 g/mol. The highest BCUT2D eigenvalue weighted by molar-refractivity contribution is 5.81. The van der Waals surface area contributed by atoms with Crippen molar-refractivity contribution >= 4 is 11.9 Å². The molecule has 2 heterocycles. The minimum atomic E-state index is 0.592. The van der Waals surface area contributed by atoms with Crippen LogP contribution in [0.5, 0.6) is 0 Å². The fourth-order valence-electron chi connectivity index (χ4n) is 3.52. The molecule has 22 heavy (non-hydrogen) atoms. The summed E-state index contributed by atoms with van der Waals surface area (Å²) in [5, 5.41) is 13.8. The predicted molar refractivity (Wildman–Crippen MR) is 91.4 cm³/mol. The molecule has 1 saturated carbocycles. The summed E-state index contributed by atoms with van der Waals surface area (Å²) < 4.78 is 0. The third-order valence-corrected chi connectivity index (χ3v) is 4.74. The average Bonchev–Trinajstić information content (AvgIpc) is 3.21. The molecular formula is C16H30N6. The highest BCUT2D eigenvalue weighted by Gasteiger charge is 2.17. The first-order valence-electron chi connectivity index (χ1n) is 9.00. The van der Waals surface area contributed by atoms with Gasteiger partial charge in [0.25, 0.3) is 0 Å². The second-order valence-electron chi connectivity index (χ2n) is 6.57. The molecule has 124 valence electrons. The van der Waals surface area contributed by atoms with Gasteiger partial charge in [0.2, 0.25) is 0 Å². The SMILES string of the molecule is C1CCC(NC2=NCCN2)CCCCC(NC2=NCCN2)C1. The Kier molecular flexibility index (Phi) is 5.79. The largest absolute Gasteiger partial charge is 0.355 e. The monoisotopic (exact) mass is 306 g/mol. The first-order valence-corrected chi connectivity index (χ1v) is 9.00. The smallest absolute Gasteiger partial charge is 0.191 e. The van der Waals surface area contributed by atoms with E-state index in [1.807, 2.05) is 0 Å². The van der Waals surface area contributed by atoms with Crippen molar-refractivity contribution in [3.63, 3.8) is 0 Å². The Morgan fingerprint density at radius 2 is 1.09 bits per heavy atom. The Morgan fingerprint density at radius 1 is 0.682 bits per heavy atom. The number of guanidine groups is 2. The number of hydrogen-bond donors (Lipinski definition) is 4. The zero-order valence-electron chi connectivity index (χ0n) is 13.5. The Labute approximate surface area is 133 Å².